The van der Waals surface area contributed by atoms with Crippen molar-refractivity contribution in [1.29, 1.82) is 0 Å². The number of hydrogen-bond acceptors (Lipinski definition) is 2. The molecule has 0 aromatic heterocycles. The molecule has 3 heteroatoms. The van der Waals surface area contributed by atoms with Gasteiger partial charge in [-0.05, 0) is 44.4 Å². The summed E-state index contributed by atoms with van der Waals surface area (Å²) in [5.74, 6) is 1.43. The van der Waals surface area contributed by atoms with Crippen LogP contribution in [0.2, 0.25) is 0 Å². The van der Waals surface area contributed by atoms with Gasteiger partial charge < -0.3 is 11.1 Å². The van der Waals surface area contributed by atoms with Crippen LogP contribution in [0.25, 0.3) is 0 Å². The molecule has 0 aromatic rings. The van der Waals surface area contributed by atoms with Crippen LogP contribution in [0, 0.1) is 11.8 Å². The van der Waals surface area contributed by atoms with Gasteiger partial charge in [-0.3, -0.25) is 4.79 Å². The second-order valence-electron chi connectivity index (χ2n) is 5.65. The predicted molar refractivity (Wildman–Crippen MR) is 67.0 cm³/mol. The number of carbonyl (C=O) groups is 1. The first-order valence-corrected chi connectivity index (χ1v) is 6.54. The van der Waals surface area contributed by atoms with Crippen LogP contribution in [0.1, 0.15) is 52.9 Å². The van der Waals surface area contributed by atoms with Gasteiger partial charge in [0.25, 0.3) is 0 Å². The Hall–Kier alpha value is -0.570. The fraction of sp³-hybridized carbons (Fsp3) is 0.923. The second kappa shape index (κ2) is 6.24. The molecule has 0 heterocycles. The van der Waals surface area contributed by atoms with Gasteiger partial charge in [-0.1, -0.05) is 13.8 Å². The van der Waals surface area contributed by atoms with Gasteiger partial charge in [0.1, 0.15) is 0 Å². The molecule has 1 rings (SSSR count). The topological polar surface area (TPSA) is 55.1 Å². The Morgan fingerprint density at radius 2 is 1.94 bits per heavy atom. The van der Waals surface area contributed by atoms with Crippen molar-refractivity contribution >= 4 is 5.91 Å². The van der Waals surface area contributed by atoms with E-state index in [1.165, 1.54) is 12.8 Å². The van der Waals surface area contributed by atoms with Gasteiger partial charge in [0.15, 0.2) is 0 Å². The predicted octanol–water partition coefficient (Wildman–Crippen LogP) is 2.05. The molecule has 0 spiro atoms. The maximum absolute atomic E-state index is 11.6. The SMILES string of the molecule is CC(C)CCC(C)NC(=O)CC(N)C1CC1. The van der Waals surface area contributed by atoms with Crippen LogP contribution in [0.5, 0.6) is 0 Å². The molecular formula is C13H26N2O. The van der Waals surface area contributed by atoms with Gasteiger partial charge in [-0.2, -0.15) is 0 Å². The van der Waals surface area contributed by atoms with Crippen molar-refractivity contribution in [3.8, 4) is 0 Å². The first kappa shape index (κ1) is 13.5. The molecule has 94 valence electrons. The second-order valence-corrected chi connectivity index (χ2v) is 5.65. The van der Waals surface area contributed by atoms with Gasteiger partial charge in [0.2, 0.25) is 5.91 Å². The standard InChI is InChI=1S/C13H26N2O/c1-9(2)4-5-10(3)15-13(16)8-12(14)11-6-7-11/h9-12H,4-8,14H2,1-3H3,(H,15,16). The molecule has 0 saturated heterocycles. The molecule has 1 aliphatic carbocycles. The maximum atomic E-state index is 11.6. The Morgan fingerprint density at radius 3 is 2.44 bits per heavy atom. The van der Waals surface area contributed by atoms with E-state index < -0.39 is 0 Å². The van der Waals surface area contributed by atoms with Crippen LogP contribution in [0.15, 0.2) is 0 Å². The van der Waals surface area contributed by atoms with Crippen LogP contribution in [0.3, 0.4) is 0 Å². The van der Waals surface area contributed by atoms with Crippen LogP contribution < -0.4 is 11.1 Å². The van der Waals surface area contributed by atoms with Gasteiger partial charge in [-0.25, -0.2) is 0 Å². The molecule has 1 saturated carbocycles. The normalized spacial score (nSPS) is 19.6. The Balaban J connectivity index is 2.12. The molecule has 0 aliphatic heterocycles. The lowest BCUT2D eigenvalue weighted by molar-refractivity contribution is -0.122. The van der Waals surface area contributed by atoms with Crippen molar-refractivity contribution in [3.05, 3.63) is 0 Å². The number of rotatable bonds is 7. The van der Waals surface area contributed by atoms with E-state index in [4.69, 9.17) is 5.73 Å². The first-order chi connectivity index (χ1) is 7.49. The number of hydrogen-bond donors (Lipinski definition) is 2. The van der Waals surface area contributed by atoms with Crippen molar-refractivity contribution in [3.63, 3.8) is 0 Å². The van der Waals surface area contributed by atoms with Gasteiger partial charge in [0.05, 0.1) is 0 Å². The maximum Gasteiger partial charge on any atom is 0.221 e. The molecule has 0 aromatic carbocycles. The minimum absolute atomic E-state index is 0.0808. The van der Waals surface area contributed by atoms with Crippen LogP contribution >= 0.6 is 0 Å². The summed E-state index contributed by atoms with van der Waals surface area (Å²) in [7, 11) is 0. The number of nitrogens with two attached hydrogens (primary N) is 1. The van der Waals surface area contributed by atoms with Crippen molar-refractivity contribution in [1.82, 2.24) is 5.32 Å². The Kier molecular flexibility index (Phi) is 5.26. The highest BCUT2D eigenvalue weighted by molar-refractivity contribution is 5.76. The average Bonchev–Trinajstić information content (AvgIpc) is 2.97. The smallest absolute Gasteiger partial charge is 0.221 e. The molecule has 3 nitrogen and oxygen atoms in total. The Morgan fingerprint density at radius 1 is 1.31 bits per heavy atom. The molecule has 2 unspecified atom stereocenters. The molecule has 1 amide bonds. The van der Waals surface area contributed by atoms with E-state index in [1.54, 1.807) is 0 Å². The third-order valence-electron chi connectivity index (χ3n) is 3.23. The Bertz CT molecular complexity index is 224. The van der Waals surface area contributed by atoms with Gasteiger partial charge in [-0.15, -0.1) is 0 Å². The van der Waals surface area contributed by atoms with Crippen molar-refractivity contribution in [2.24, 2.45) is 17.6 Å². The van der Waals surface area contributed by atoms with Crippen molar-refractivity contribution in [2.75, 3.05) is 0 Å². The summed E-state index contributed by atoms with van der Waals surface area (Å²) in [5, 5.41) is 3.03. The summed E-state index contributed by atoms with van der Waals surface area (Å²) in [5.41, 5.74) is 5.92. The molecule has 0 bridgehead atoms. The summed E-state index contributed by atoms with van der Waals surface area (Å²) >= 11 is 0. The van der Waals surface area contributed by atoms with Crippen molar-refractivity contribution < 1.29 is 4.79 Å². The fourth-order valence-corrected chi connectivity index (χ4v) is 1.89. The van der Waals surface area contributed by atoms with E-state index in [-0.39, 0.29) is 18.0 Å². The lowest BCUT2D eigenvalue weighted by atomic mass is 10.0. The first-order valence-electron chi connectivity index (χ1n) is 6.54. The van der Waals surface area contributed by atoms with E-state index in [2.05, 4.69) is 26.1 Å². The van der Waals surface area contributed by atoms with E-state index in [0.29, 0.717) is 18.3 Å². The zero-order chi connectivity index (χ0) is 12.1. The van der Waals surface area contributed by atoms with E-state index in [0.717, 1.165) is 12.8 Å². The Labute approximate surface area is 99.2 Å². The van der Waals surface area contributed by atoms with E-state index in [1.807, 2.05) is 0 Å². The highest BCUT2D eigenvalue weighted by Crippen LogP contribution is 2.32. The minimum atomic E-state index is 0.0808. The zero-order valence-electron chi connectivity index (χ0n) is 10.8. The molecule has 2 atom stereocenters. The summed E-state index contributed by atoms with van der Waals surface area (Å²) in [6.45, 7) is 6.48. The van der Waals surface area contributed by atoms with E-state index >= 15 is 0 Å². The highest BCUT2D eigenvalue weighted by Gasteiger charge is 2.29. The van der Waals surface area contributed by atoms with Crippen LogP contribution in [-0.4, -0.2) is 18.0 Å². The van der Waals surface area contributed by atoms with Crippen LogP contribution in [-0.2, 0) is 4.79 Å². The molecule has 1 fully saturated rings. The highest BCUT2D eigenvalue weighted by atomic mass is 16.1. The lowest BCUT2D eigenvalue weighted by Gasteiger charge is -2.16. The van der Waals surface area contributed by atoms with Crippen LogP contribution in [0.4, 0.5) is 0 Å². The summed E-state index contributed by atoms with van der Waals surface area (Å²) in [6, 6.07) is 0.360. The number of carbonyl (C=O) groups excluding carboxylic acids is 1. The number of nitrogens with one attached hydrogen (secondary N) is 1. The van der Waals surface area contributed by atoms with E-state index in [9.17, 15) is 4.79 Å². The molecular weight excluding hydrogens is 200 g/mol. The monoisotopic (exact) mass is 226 g/mol. The average molecular weight is 226 g/mol. The fourth-order valence-electron chi connectivity index (χ4n) is 1.89. The third kappa shape index (κ3) is 5.50. The third-order valence-corrected chi connectivity index (χ3v) is 3.23. The number of amides is 1. The molecule has 16 heavy (non-hydrogen) atoms. The summed E-state index contributed by atoms with van der Waals surface area (Å²) in [6.07, 6.45) is 5.13. The van der Waals surface area contributed by atoms with Crippen molar-refractivity contribution in [2.45, 2.75) is 65.0 Å². The molecule has 0 radical (unpaired) electrons. The summed E-state index contributed by atoms with van der Waals surface area (Å²) in [4.78, 5) is 11.6. The lowest BCUT2D eigenvalue weighted by Crippen LogP contribution is -2.37. The quantitative estimate of drug-likeness (QED) is 0.698. The van der Waals surface area contributed by atoms with Gasteiger partial charge in [0, 0.05) is 18.5 Å². The minimum Gasteiger partial charge on any atom is -0.354 e. The summed E-state index contributed by atoms with van der Waals surface area (Å²) < 4.78 is 0. The zero-order valence-corrected chi connectivity index (χ0v) is 10.8. The molecule has 1 aliphatic rings. The molecule has 3 N–H and O–H groups in total. The van der Waals surface area contributed by atoms with Gasteiger partial charge >= 0.3 is 0 Å². The largest absolute Gasteiger partial charge is 0.354 e.